The standard InChI is InChI=1S/C15H15ClN4/c1-10(17-2)12-8-13(16)14-9-18-19-20(14)15(12)11-6-4-3-5-7-11/h3-10,17H,1-2H3. The molecular formula is C15H15ClN4. The van der Waals surface area contributed by atoms with E-state index in [4.69, 9.17) is 11.6 Å². The average molecular weight is 287 g/mol. The van der Waals surface area contributed by atoms with Crippen molar-refractivity contribution in [3.63, 3.8) is 0 Å². The van der Waals surface area contributed by atoms with Gasteiger partial charge in [-0.2, -0.15) is 0 Å². The van der Waals surface area contributed by atoms with Crippen LogP contribution in [-0.2, 0) is 0 Å². The molecule has 0 spiro atoms. The predicted octanol–water partition coefficient (Wildman–Crippen LogP) is 3.33. The maximum atomic E-state index is 6.34. The van der Waals surface area contributed by atoms with Gasteiger partial charge in [-0.25, -0.2) is 4.52 Å². The van der Waals surface area contributed by atoms with E-state index in [1.54, 1.807) is 10.7 Å². The Balaban J connectivity index is 2.37. The predicted molar refractivity (Wildman–Crippen MR) is 80.9 cm³/mol. The minimum absolute atomic E-state index is 0.163. The minimum Gasteiger partial charge on any atom is -0.313 e. The van der Waals surface area contributed by atoms with E-state index >= 15 is 0 Å². The molecular weight excluding hydrogens is 272 g/mol. The molecule has 0 amide bonds. The van der Waals surface area contributed by atoms with Crippen LogP contribution in [0.1, 0.15) is 18.5 Å². The van der Waals surface area contributed by atoms with Crippen molar-refractivity contribution < 1.29 is 0 Å². The van der Waals surface area contributed by atoms with Gasteiger partial charge in [0.25, 0.3) is 0 Å². The molecule has 3 rings (SSSR count). The Labute approximate surface area is 122 Å². The highest BCUT2D eigenvalue weighted by Gasteiger charge is 2.17. The maximum Gasteiger partial charge on any atom is 0.106 e. The van der Waals surface area contributed by atoms with Gasteiger partial charge in [-0.3, -0.25) is 0 Å². The van der Waals surface area contributed by atoms with Crippen molar-refractivity contribution in [2.75, 3.05) is 7.05 Å². The van der Waals surface area contributed by atoms with Crippen LogP contribution in [0.15, 0.2) is 42.6 Å². The molecule has 102 valence electrons. The molecule has 0 radical (unpaired) electrons. The molecule has 2 aromatic heterocycles. The molecule has 2 heterocycles. The Hall–Kier alpha value is -1.91. The van der Waals surface area contributed by atoms with E-state index in [0.29, 0.717) is 5.02 Å². The second kappa shape index (κ2) is 5.23. The second-order valence-electron chi connectivity index (χ2n) is 4.70. The van der Waals surface area contributed by atoms with Crippen LogP contribution in [0, 0.1) is 0 Å². The summed E-state index contributed by atoms with van der Waals surface area (Å²) in [6.07, 6.45) is 1.68. The zero-order chi connectivity index (χ0) is 14.1. The fourth-order valence-corrected chi connectivity index (χ4v) is 2.58. The number of aromatic nitrogens is 3. The second-order valence-corrected chi connectivity index (χ2v) is 5.11. The van der Waals surface area contributed by atoms with Crippen molar-refractivity contribution in [1.82, 2.24) is 20.1 Å². The van der Waals surface area contributed by atoms with Gasteiger partial charge in [-0.05, 0) is 25.6 Å². The van der Waals surface area contributed by atoms with Crippen LogP contribution in [0.3, 0.4) is 0 Å². The molecule has 1 unspecified atom stereocenters. The monoisotopic (exact) mass is 286 g/mol. The molecule has 5 heteroatoms. The van der Waals surface area contributed by atoms with Crippen molar-refractivity contribution in [2.24, 2.45) is 0 Å². The lowest BCUT2D eigenvalue weighted by Crippen LogP contribution is -2.15. The molecule has 0 fully saturated rings. The third-order valence-electron chi connectivity index (χ3n) is 3.51. The summed E-state index contributed by atoms with van der Waals surface area (Å²) in [5.41, 5.74) is 4.03. The number of fused-ring (bicyclic) bond motifs is 1. The summed E-state index contributed by atoms with van der Waals surface area (Å²) in [4.78, 5) is 0. The molecule has 0 aliphatic carbocycles. The highest BCUT2D eigenvalue weighted by Crippen LogP contribution is 2.32. The van der Waals surface area contributed by atoms with Crippen molar-refractivity contribution in [3.05, 3.63) is 53.2 Å². The first kappa shape index (κ1) is 13.1. The van der Waals surface area contributed by atoms with E-state index in [9.17, 15) is 0 Å². The topological polar surface area (TPSA) is 42.2 Å². The quantitative estimate of drug-likeness (QED) is 0.803. The molecule has 20 heavy (non-hydrogen) atoms. The van der Waals surface area contributed by atoms with Gasteiger partial charge < -0.3 is 5.32 Å². The summed E-state index contributed by atoms with van der Waals surface area (Å²) in [7, 11) is 1.93. The number of benzene rings is 1. The van der Waals surface area contributed by atoms with Gasteiger partial charge in [0.1, 0.15) is 5.52 Å². The van der Waals surface area contributed by atoms with E-state index in [0.717, 1.165) is 22.3 Å². The number of nitrogens with one attached hydrogen (secondary N) is 1. The maximum absolute atomic E-state index is 6.34. The van der Waals surface area contributed by atoms with Gasteiger partial charge in [0.15, 0.2) is 0 Å². The lowest BCUT2D eigenvalue weighted by Gasteiger charge is -2.17. The fraction of sp³-hybridized carbons (Fsp3) is 0.200. The van der Waals surface area contributed by atoms with Crippen molar-refractivity contribution in [1.29, 1.82) is 0 Å². The Kier molecular flexibility index (Phi) is 3.42. The Morgan fingerprint density at radius 3 is 2.70 bits per heavy atom. The van der Waals surface area contributed by atoms with Crippen LogP contribution in [0.25, 0.3) is 16.8 Å². The number of nitrogens with zero attached hydrogens (tertiary/aromatic N) is 3. The fourth-order valence-electron chi connectivity index (χ4n) is 2.33. The highest BCUT2D eigenvalue weighted by atomic mass is 35.5. The Bertz CT molecular complexity index is 736. The average Bonchev–Trinajstić information content (AvgIpc) is 2.97. The van der Waals surface area contributed by atoms with E-state index in [2.05, 4.69) is 34.7 Å². The van der Waals surface area contributed by atoms with Crippen LogP contribution >= 0.6 is 11.6 Å². The molecule has 1 aromatic carbocycles. The first-order valence-electron chi connectivity index (χ1n) is 6.48. The van der Waals surface area contributed by atoms with Crippen LogP contribution in [0.4, 0.5) is 0 Å². The minimum atomic E-state index is 0.163. The van der Waals surface area contributed by atoms with Crippen molar-refractivity contribution in [2.45, 2.75) is 13.0 Å². The number of halogens is 1. The molecule has 0 saturated carbocycles. The smallest absolute Gasteiger partial charge is 0.106 e. The van der Waals surface area contributed by atoms with Gasteiger partial charge >= 0.3 is 0 Å². The first-order valence-corrected chi connectivity index (χ1v) is 6.85. The lowest BCUT2D eigenvalue weighted by molar-refractivity contribution is 0.647. The van der Waals surface area contributed by atoms with E-state index in [1.165, 1.54) is 0 Å². The van der Waals surface area contributed by atoms with E-state index in [1.807, 2.05) is 31.3 Å². The molecule has 4 nitrogen and oxygen atoms in total. The largest absolute Gasteiger partial charge is 0.313 e. The zero-order valence-electron chi connectivity index (χ0n) is 11.3. The molecule has 0 aliphatic heterocycles. The van der Waals surface area contributed by atoms with Gasteiger partial charge in [0.2, 0.25) is 0 Å². The number of hydrogen-bond acceptors (Lipinski definition) is 3. The third kappa shape index (κ3) is 2.07. The summed E-state index contributed by atoms with van der Waals surface area (Å²) >= 11 is 6.34. The van der Waals surface area contributed by atoms with Gasteiger partial charge in [0.05, 0.1) is 16.9 Å². The van der Waals surface area contributed by atoms with Crippen molar-refractivity contribution >= 4 is 17.1 Å². The summed E-state index contributed by atoms with van der Waals surface area (Å²) in [6.45, 7) is 2.10. The summed E-state index contributed by atoms with van der Waals surface area (Å²) in [5.74, 6) is 0. The Morgan fingerprint density at radius 1 is 1.25 bits per heavy atom. The number of pyridine rings is 1. The molecule has 0 bridgehead atoms. The van der Waals surface area contributed by atoms with Crippen LogP contribution in [0.5, 0.6) is 0 Å². The number of hydrogen-bond donors (Lipinski definition) is 1. The van der Waals surface area contributed by atoms with E-state index < -0.39 is 0 Å². The summed E-state index contributed by atoms with van der Waals surface area (Å²) in [6, 6.07) is 12.3. The molecule has 0 saturated heterocycles. The molecule has 3 aromatic rings. The summed E-state index contributed by atoms with van der Waals surface area (Å²) in [5, 5.41) is 12.1. The van der Waals surface area contributed by atoms with Crippen molar-refractivity contribution in [3.8, 4) is 11.3 Å². The lowest BCUT2D eigenvalue weighted by atomic mass is 10.0. The van der Waals surface area contributed by atoms with E-state index in [-0.39, 0.29) is 6.04 Å². The molecule has 0 aliphatic rings. The van der Waals surface area contributed by atoms with Crippen LogP contribution < -0.4 is 5.32 Å². The summed E-state index contributed by atoms with van der Waals surface area (Å²) < 4.78 is 1.81. The SMILES string of the molecule is CNC(C)c1cc(Cl)c2cnnn2c1-c1ccccc1. The first-order chi connectivity index (χ1) is 9.72. The molecule has 1 atom stereocenters. The third-order valence-corrected chi connectivity index (χ3v) is 3.81. The van der Waals surface area contributed by atoms with Gasteiger partial charge in [0, 0.05) is 11.6 Å². The number of rotatable bonds is 3. The van der Waals surface area contributed by atoms with Gasteiger partial charge in [-0.1, -0.05) is 47.1 Å². The highest BCUT2D eigenvalue weighted by molar-refractivity contribution is 6.34. The van der Waals surface area contributed by atoms with Crippen LogP contribution in [0.2, 0.25) is 5.02 Å². The normalized spacial score (nSPS) is 12.8. The van der Waals surface area contributed by atoms with Crippen LogP contribution in [-0.4, -0.2) is 21.9 Å². The molecule has 1 N–H and O–H groups in total. The Morgan fingerprint density at radius 2 is 2.00 bits per heavy atom. The zero-order valence-corrected chi connectivity index (χ0v) is 12.1. The van der Waals surface area contributed by atoms with Gasteiger partial charge in [-0.15, -0.1) is 5.10 Å².